The van der Waals surface area contributed by atoms with E-state index in [1.54, 1.807) is 30.5 Å². The third-order valence-corrected chi connectivity index (χ3v) is 3.29. The van der Waals surface area contributed by atoms with Gasteiger partial charge >= 0.3 is 5.97 Å². The first-order valence-electron chi connectivity index (χ1n) is 6.68. The number of hydrogen-bond donors (Lipinski definition) is 0. The van der Waals surface area contributed by atoms with Crippen molar-refractivity contribution in [1.29, 1.82) is 0 Å². The van der Waals surface area contributed by atoms with E-state index in [4.69, 9.17) is 4.74 Å². The molecule has 0 spiro atoms. The van der Waals surface area contributed by atoms with Crippen LogP contribution in [0.25, 0.3) is 0 Å². The number of ether oxygens (including phenoxy) is 1. The molecule has 0 bridgehead atoms. The Morgan fingerprint density at radius 2 is 2.00 bits per heavy atom. The fraction of sp³-hybridized carbons (Fsp3) is 0.312. The number of rotatable bonds is 4. The predicted molar refractivity (Wildman–Crippen MR) is 76.7 cm³/mol. The summed E-state index contributed by atoms with van der Waals surface area (Å²) in [4.78, 5) is 28.1. The number of ketones is 1. The molecular weight excluding hydrogens is 254 g/mol. The monoisotopic (exact) mass is 271 g/mol. The molecule has 0 aliphatic carbocycles. The molecule has 0 aromatic heterocycles. The summed E-state index contributed by atoms with van der Waals surface area (Å²) in [5, 5.41) is 0. The first-order valence-corrected chi connectivity index (χ1v) is 6.68. The molecule has 1 aromatic rings. The second kappa shape index (κ2) is 6.28. The molecule has 4 nitrogen and oxygen atoms in total. The van der Waals surface area contributed by atoms with Crippen LogP contribution >= 0.6 is 0 Å². The number of carbonyl (C=O) groups excluding carboxylic acids is 2. The van der Waals surface area contributed by atoms with Crippen LogP contribution in [0.2, 0.25) is 0 Å². The zero-order chi connectivity index (χ0) is 14.5. The SMILES string of the molecule is CCC1CC=NC(C(=O)Oc2ccccc2)=C1C(C)=O. The van der Waals surface area contributed by atoms with Gasteiger partial charge in [-0.15, -0.1) is 0 Å². The second-order valence-corrected chi connectivity index (χ2v) is 4.67. The molecule has 0 N–H and O–H groups in total. The van der Waals surface area contributed by atoms with Gasteiger partial charge in [0.05, 0.1) is 0 Å². The molecule has 0 amide bonds. The van der Waals surface area contributed by atoms with Crippen LogP contribution in [0.3, 0.4) is 0 Å². The summed E-state index contributed by atoms with van der Waals surface area (Å²) in [6.07, 6.45) is 3.17. The van der Waals surface area contributed by atoms with Crippen LogP contribution < -0.4 is 4.74 Å². The van der Waals surface area contributed by atoms with E-state index < -0.39 is 5.97 Å². The van der Waals surface area contributed by atoms with Crippen molar-refractivity contribution < 1.29 is 14.3 Å². The van der Waals surface area contributed by atoms with E-state index in [0.717, 1.165) is 6.42 Å². The number of benzene rings is 1. The second-order valence-electron chi connectivity index (χ2n) is 4.67. The summed E-state index contributed by atoms with van der Waals surface area (Å²) in [6, 6.07) is 8.78. The summed E-state index contributed by atoms with van der Waals surface area (Å²) in [5.41, 5.74) is 0.621. The van der Waals surface area contributed by atoms with Crippen LogP contribution in [0.5, 0.6) is 5.75 Å². The van der Waals surface area contributed by atoms with Crippen LogP contribution in [0.15, 0.2) is 46.6 Å². The van der Waals surface area contributed by atoms with Gasteiger partial charge in [-0.1, -0.05) is 25.1 Å². The predicted octanol–water partition coefficient (Wildman–Crippen LogP) is 2.94. The Morgan fingerprint density at radius 1 is 1.30 bits per heavy atom. The minimum Gasteiger partial charge on any atom is -0.422 e. The third-order valence-electron chi connectivity index (χ3n) is 3.29. The minimum absolute atomic E-state index is 0.0447. The topological polar surface area (TPSA) is 55.7 Å². The fourth-order valence-electron chi connectivity index (χ4n) is 2.28. The highest BCUT2D eigenvalue weighted by Gasteiger charge is 2.28. The van der Waals surface area contributed by atoms with Gasteiger partial charge < -0.3 is 4.74 Å². The maximum absolute atomic E-state index is 12.2. The smallest absolute Gasteiger partial charge is 0.362 e. The molecule has 0 fully saturated rings. The first-order chi connectivity index (χ1) is 9.63. The first kappa shape index (κ1) is 14.2. The van der Waals surface area contributed by atoms with Gasteiger partial charge in [-0.25, -0.2) is 4.79 Å². The molecule has 4 heteroatoms. The molecule has 0 saturated carbocycles. The Bertz CT molecular complexity index is 573. The van der Waals surface area contributed by atoms with E-state index in [0.29, 0.717) is 17.7 Å². The summed E-state index contributed by atoms with van der Waals surface area (Å²) in [5.74, 6) is -0.199. The maximum atomic E-state index is 12.2. The standard InChI is InChI=1S/C16H17NO3/c1-3-12-9-10-17-15(14(12)11(2)18)16(19)20-13-7-5-4-6-8-13/h4-8,10,12H,3,9H2,1-2H3. The number of aliphatic imine (C=N–C) groups is 1. The number of hydrogen-bond acceptors (Lipinski definition) is 4. The largest absolute Gasteiger partial charge is 0.422 e. The Kier molecular flexibility index (Phi) is 4.45. The highest BCUT2D eigenvalue weighted by molar-refractivity contribution is 6.05. The molecule has 1 aliphatic rings. The number of para-hydroxylation sites is 1. The molecule has 1 aliphatic heterocycles. The van der Waals surface area contributed by atoms with Gasteiger partial charge in [0, 0.05) is 11.8 Å². The van der Waals surface area contributed by atoms with Crippen molar-refractivity contribution in [3.63, 3.8) is 0 Å². The molecule has 1 atom stereocenters. The van der Waals surface area contributed by atoms with Crippen LogP contribution in [0.4, 0.5) is 0 Å². The summed E-state index contributed by atoms with van der Waals surface area (Å²) in [7, 11) is 0. The van der Waals surface area contributed by atoms with Crippen LogP contribution in [0, 0.1) is 5.92 Å². The number of esters is 1. The van der Waals surface area contributed by atoms with Gasteiger partial charge in [-0.05, 0) is 37.8 Å². The molecule has 0 radical (unpaired) electrons. The van der Waals surface area contributed by atoms with Crippen molar-refractivity contribution in [3.8, 4) is 5.75 Å². The van der Waals surface area contributed by atoms with Crippen molar-refractivity contribution in [2.75, 3.05) is 0 Å². The maximum Gasteiger partial charge on any atom is 0.362 e. The van der Waals surface area contributed by atoms with Crippen LogP contribution in [-0.4, -0.2) is 18.0 Å². The highest BCUT2D eigenvalue weighted by atomic mass is 16.5. The lowest BCUT2D eigenvalue weighted by molar-refractivity contribution is -0.130. The minimum atomic E-state index is -0.573. The van der Waals surface area contributed by atoms with Crippen molar-refractivity contribution in [2.24, 2.45) is 10.9 Å². The van der Waals surface area contributed by atoms with Gasteiger partial charge in [0.2, 0.25) is 0 Å². The van der Waals surface area contributed by atoms with E-state index in [1.807, 2.05) is 13.0 Å². The number of carbonyl (C=O) groups is 2. The summed E-state index contributed by atoms with van der Waals surface area (Å²) < 4.78 is 5.26. The highest BCUT2D eigenvalue weighted by Crippen LogP contribution is 2.28. The van der Waals surface area contributed by atoms with Gasteiger partial charge in [-0.3, -0.25) is 9.79 Å². The molecule has 20 heavy (non-hydrogen) atoms. The van der Waals surface area contributed by atoms with Crippen molar-refractivity contribution in [2.45, 2.75) is 26.7 Å². The lowest BCUT2D eigenvalue weighted by Gasteiger charge is -2.20. The lowest BCUT2D eigenvalue weighted by Crippen LogP contribution is -2.22. The summed E-state index contributed by atoms with van der Waals surface area (Å²) >= 11 is 0. The Balaban J connectivity index is 2.30. The third kappa shape index (κ3) is 3.02. The lowest BCUT2D eigenvalue weighted by atomic mass is 9.87. The normalized spacial score (nSPS) is 18.0. The molecule has 2 rings (SSSR count). The van der Waals surface area contributed by atoms with Crippen molar-refractivity contribution in [3.05, 3.63) is 41.6 Å². The van der Waals surface area contributed by atoms with Gasteiger partial charge in [0.1, 0.15) is 5.75 Å². The van der Waals surface area contributed by atoms with E-state index >= 15 is 0 Å². The van der Waals surface area contributed by atoms with Gasteiger partial charge in [-0.2, -0.15) is 0 Å². The molecular formula is C16H17NO3. The molecule has 0 saturated heterocycles. The molecule has 104 valence electrons. The van der Waals surface area contributed by atoms with E-state index in [9.17, 15) is 9.59 Å². The van der Waals surface area contributed by atoms with Crippen LogP contribution in [0.1, 0.15) is 26.7 Å². The zero-order valence-electron chi connectivity index (χ0n) is 11.6. The average Bonchev–Trinajstić information content (AvgIpc) is 2.47. The quantitative estimate of drug-likeness (QED) is 0.625. The molecule has 1 aromatic carbocycles. The zero-order valence-corrected chi connectivity index (χ0v) is 11.6. The Hall–Kier alpha value is -2.23. The number of Topliss-reactive ketones (excluding diaryl/α,β-unsaturated/α-hetero) is 1. The Labute approximate surface area is 118 Å². The van der Waals surface area contributed by atoms with Crippen molar-refractivity contribution in [1.82, 2.24) is 0 Å². The number of nitrogens with zero attached hydrogens (tertiary/aromatic N) is 1. The fourth-order valence-corrected chi connectivity index (χ4v) is 2.28. The van der Waals surface area contributed by atoms with E-state index in [1.165, 1.54) is 6.92 Å². The number of allylic oxidation sites excluding steroid dienone is 1. The van der Waals surface area contributed by atoms with Crippen LogP contribution in [-0.2, 0) is 9.59 Å². The summed E-state index contributed by atoms with van der Waals surface area (Å²) in [6.45, 7) is 3.46. The van der Waals surface area contributed by atoms with E-state index in [2.05, 4.69) is 4.99 Å². The molecule has 1 unspecified atom stereocenters. The van der Waals surface area contributed by atoms with Gasteiger partial charge in [0.15, 0.2) is 11.5 Å². The average molecular weight is 271 g/mol. The Morgan fingerprint density at radius 3 is 2.60 bits per heavy atom. The van der Waals surface area contributed by atoms with Gasteiger partial charge in [0.25, 0.3) is 0 Å². The van der Waals surface area contributed by atoms with E-state index in [-0.39, 0.29) is 17.4 Å². The van der Waals surface area contributed by atoms with Crippen molar-refractivity contribution >= 4 is 18.0 Å². The molecule has 1 heterocycles.